The first-order chi connectivity index (χ1) is 11.5. The highest BCUT2D eigenvalue weighted by Gasteiger charge is 2.15. The summed E-state index contributed by atoms with van der Waals surface area (Å²) in [6.07, 6.45) is 2.11. The van der Waals surface area contributed by atoms with Gasteiger partial charge in [-0.1, -0.05) is 38.1 Å². The van der Waals surface area contributed by atoms with Crippen molar-refractivity contribution in [2.45, 2.75) is 26.7 Å². The van der Waals surface area contributed by atoms with Gasteiger partial charge in [0.1, 0.15) is 12.9 Å². The van der Waals surface area contributed by atoms with Crippen LogP contribution in [0.25, 0.3) is 22.4 Å². The quantitative estimate of drug-likeness (QED) is 0.568. The van der Waals surface area contributed by atoms with Gasteiger partial charge < -0.3 is 0 Å². The van der Waals surface area contributed by atoms with Crippen molar-refractivity contribution < 1.29 is 8.96 Å². The van der Waals surface area contributed by atoms with E-state index in [1.54, 1.807) is 6.07 Å². The van der Waals surface area contributed by atoms with Crippen molar-refractivity contribution >= 4 is 0 Å². The van der Waals surface area contributed by atoms with Crippen LogP contribution in [0, 0.1) is 12.7 Å². The largest absolute Gasteiger partial charge is 0.212 e. The Bertz CT molecular complexity index is 881. The van der Waals surface area contributed by atoms with Gasteiger partial charge in [-0.2, -0.15) is 0 Å². The second-order valence-electron chi connectivity index (χ2n) is 6.62. The SMILES string of the molecule is Cc1ccccc1-c1ccc(-c2ccc(F)c(C(C)C)c2)c[n+]1C. The highest BCUT2D eigenvalue weighted by molar-refractivity contribution is 5.66. The minimum atomic E-state index is -0.130. The number of benzene rings is 2. The molecule has 0 aliphatic heterocycles. The summed E-state index contributed by atoms with van der Waals surface area (Å²) >= 11 is 0. The molecular formula is C22H23FN+. The van der Waals surface area contributed by atoms with Gasteiger partial charge >= 0.3 is 0 Å². The van der Waals surface area contributed by atoms with Crippen molar-refractivity contribution in [2.24, 2.45) is 7.05 Å². The molecule has 0 radical (unpaired) electrons. The summed E-state index contributed by atoms with van der Waals surface area (Å²) in [5.74, 6) is 0.0413. The molecular weight excluding hydrogens is 297 g/mol. The van der Waals surface area contributed by atoms with Gasteiger partial charge in [0.05, 0.1) is 0 Å². The molecule has 0 atom stereocenters. The van der Waals surface area contributed by atoms with Crippen molar-refractivity contribution in [3.05, 3.63) is 77.7 Å². The number of hydrogen-bond acceptors (Lipinski definition) is 0. The van der Waals surface area contributed by atoms with E-state index in [4.69, 9.17) is 0 Å². The fourth-order valence-electron chi connectivity index (χ4n) is 3.08. The number of nitrogens with zero attached hydrogens (tertiary/aromatic N) is 1. The van der Waals surface area contributed by atoms with Gasteiger partial charge in [0.25, 0.3) is 0 Å². The van der Waals surface area contributed by atoms with Crippen LogP contribution in [0.3, 0.4) is 0 Å². The molecule has 0 aliphatic carbocycles. The third kappa shape index (κ3) is 3.09. The van der Waals surface area contributed by atoms with Crippen LogP contribution >= 0.6 is 0 Å². The predicted molar refractivity (Wildman–Crippen MR) is 97.3 cm³/mol. The van der Waals surface area contributed by atoms with Crippen LogP contribution in [0.5, 0.6) is 0 Å². The zero-order chi connectivity index (χ0) is 17.3. The normalized spacial score (nSPS) is 11.1. The number of pyridine rings is 1. The molecule has 0 saturated carbocycles. The second-order valence-corrected chi connectivity index (χ2v) is 6.62. The summed E-state index contributed by atoms with van der Waals surface area (Å²) < 4.78 is 16.1. The maximum atomic E-state index is 13.9. The summed E-state index contributed by atoms with van der Waals surface area (Å²) in [4.78, 5) is 0. The van der Waals surface area contributed by atoms with E-state index in [0.717, 1.165) is 16.7 Å². The van der Waals surface area contributed by atoms with Crippen LogP contribution in [0.1, 0.15) is 30.9 Å². The maximum Gasteiger partial charge on any atom is 0.212 e. The third-order valence-electron chi connectivity index (χ3n) is 4.51. The van der Waals surface area contributed by atoms with E-state index in [2.05, 4.69) is 61.1 Å². The van der Waals surface area contributed by atoms with Crippen molar-refractivity contribution in [3.8, 4) is 22.4 Å². The average Bonchev–Trinajstić information content (AvgIpc) is 2.56. The predicted octanol–water partition coefficient (Wildman–Crippen LogP) is 5.42. The molecule has 3 aromatic rings. The van der Waals surface area contributed by atoms with Crippen molar-refractivity contribution in [1.82, 2.24) is 0 Å². The second kappa shape index (κ2) is 6.56. The first-order valence-corrected chi connectivity index (χ1v) is 8.33. The fourth-order valence-corrected chi connectivity index (χ4v) is 3.08. The van der Waals surface area contributed by atoms with Crippen LogP contribution in [-0.2, 0) is 7.05 Å². The molecule has 2 heteroatoms. The maximum absolute atomic E-state index is 13.9. The number of aryl methyl sites for hydroxylation is 2. The monoisotopic (exact) mass is 320 g/mol. The van der Waals surface area contributed by atoms with Crippen molar-refractivity contribution in [1.29, 1.82) is 0 Å². The average molecular weight is 320 g/mol. The Morgan fingerprint density at radius 3 is 2.29 bits per heavy atom. The minimum absolute atomic E-state index is 0.130. The van der Waals surface area contributed by atoms with E-state index in [1.165, 1.54) is 16.8 Å². The lowest BCUT2D eigenvalue weighted by Crippen LogP contribution is -2.30. The summed E-state index contributed by atoms with van der Waals surface area (Å²) in [7, 11) is 2.05. The van der Waals surface area contributed by atoms with Gasteiger partial charge in [0, 0.05) is 17.2 Å². The molecule has 0 spiro atoms. The van der Waals surface area contributed by atoms with Crippen LogP contribution in [-0.4, -0.2) is 0 Å². The van der Waals surface area contributed by atoms with Gasteiger partial charge in [-0.15, -0.1) is 0 Å². The number of rotatable bonds is 3. The Morgan fingerprint density at radius 1 is 0.917 bits per heavy atom. The molecule has 122 valence electrons. The lowest BCUT2D eigenvalue weighted by atomic mass is 9.97. The Balaban J connectivity index is 2.05. The van der Waals surface area contributed by atoms with Crippen LogP contribution < -0.4 is 4.57 Å². The first kappa shape index (κ1) is 16.4. The standard InChI is InChI=1S/C22H23FN/c1-15(2)20-13-17(9-11-21(20)23)18-10-12-22(24(4)14-18)19-8-6-5-7-16(19)3/h5-15H,1-4H3/q+1. The Kier molecular flexibility index (Phi) is 4.48. The van der Waals surface area contributed by atoms with Crippen LogP contribution in [0.4, 0.5) is 4.39 Å². The molecule has 0 saturated heterocycles. The van der Waals surface area contributed by atoms with Crippen LogP contribution in [0.15, 0.2) is 60.8 Å². The van der Waals surface area contributed by atoms with Gasteiger partial charge in [-0.05, 0) is 53.8 Å². The molecule has 0 amide bonds. The molecule has 0 bridgehead atoms. The highest BCUT2D eigenvalue weighted by Crippen LogP contribution is 2.27. The Hall–Kier alpha value is -2.48. The number of hydrogen-bond donors (Lipinski definition) is 0. The van der Waals surface area contributed by atoms with Gasteiger partial charge in [-0.25, -0.2) is 8.96 Å². The smallest absolute Gasteiger partial charge is 0.207 e. The van der Waals surface area contributed by atoms with Crippen molar-refractivity contribution in [3.63, 3.8) is 0 Å². The molecule has 0 fully saturated rings. The van der Waals surface area contributed by atoms with E-state index in [9.17, 15) is 4.39 Å². The zero-order valence-corrected chi connectivity index (χ0v) is 14.7. The lowest BCUT2D eigenvalue weighted by Gasteiger charge is -2.10. The summed E-state index contributed by atoms with van der Waals surface area (Å²) in [5, 5.41) is 0. The summed E-state index contributed by atoms with van der Waals surface area (Å²) in [6, 6.07) is 18.0. The summed E-state index contributed by atoms with van der Waals surface area (Å²) in [6.45, 7) is 6.16. The summed E-state index contributed by atoms with van der Waals surface area (Å²) in [5.41, 5.74) is 6.56. The molecule has 1 aromatic heterocycles. The Labute approximate surface area is 143 Å². The molecule has 0 N–H and O–H groups in total. The van der Waals surface area contributed by atoms with E-state index in [0.29, 0.717) is 0 Å². The van der Waals surface area contributed by atoms with E-state index in [-0.39, 0.29) is 11.7 Å². The third-order valence-corrected chi connectivity index (χ3v) is 4.51. The van der Waals surface area contributed by atoms with E-state index < -0.39 is 0 Å². The lowest BCUT2D eigenvalue weighted by molar-refractivity contribution is -0.659. The van der Waals surface area contributed by atoms with E-state index >= 15 is 0 Å². The molecule has 3 rings (SSSR count). The molecule has 24 heavy (non-hydrogen) atoms. The fraction of sp³-hybridized carbons (Fsp3) is 0.227. The van der Waals surface area contributed by atoms with Crippen molar-refractivity contribution in [2.75, 3.05) is 0 Å². The van der Waals surface area contributed by atoms with Gasteiger partial charge in [-0.3, -0.25) is 0 Å². The topological polar surface area (TPSA) is 3.88 Å². The molecule has 0 unspecified atom stereocenters. The number of halogens is 1. The minimum Gasteiger partial charge on any atom is -0.207 e. The van der Waals surface area contributed by atoms with Crippen LogP contribution in [0.2, 0.25) is 0 Å². The van der Waals surface area contributed by atoms with E-state index in [1.807, 2.05) is 26.0 Å². The highest BCUT2D eigenvalue weighted by atomic mass is 19.1. The van der Waals surface area contributed by atoms with Gasteiger partial charge in [0.2, 0.25) is 5.69 Å². The molecule has 0 aliphatic rings. The first-order valence-electron chi connectivity index (χ1n) is 8.33. The van der Waals surface area contributed by atoms with Gasteiger partial charge in [0.15, 0.2) is 6.20 Å². The zero-order valence-electron chi connectivity index (χ0n) is 14.7. The molecule has 1 nitrogen and oxygen atoms in total. The number of aromatic nitrogens is 1. The molecule has 2 aromatic carbocycles. The Morgan fingerprint density at radius 2 is 1.62 bits per heavy atom. The molecule has 1 heterocycles.